The molecular formula is C15H22N2O2. The fraction of sp³-hybridized carbons (Fsp3) is 0.533. The molecule has 1 aliphatic heterocycles. The summed E-state index contributed by atoms with van der Waals surface area (Å²) in [7, 11) is 1.67. The van der Waals surface area contributed by atoms with Crippen molar-refractivity contribution in [2.24, 2.45) is 5.92 Å². The smallest absolute Gasteiger partial charge is 0.223 e. The largest absolute Gasteiger partial charge is 0.398 e. The second-order valence-electron chi connectivity index (χ2n) is 5.31. The van der Waals surface area contributed by atoms with Crippen molar-refractivity contribution in [3.8, 4) is 0 Å². The molecule has 1 heterocycles. The molecular weight excluding hydrogens is 240 g/mol. The first-order chi connectivity index (χ1) is 9.11. The van der Waals surface area contributed by atoms with Gasteiger partial charge in [0.05, 0.1) is 0 Å². The van der Waals surface area contributed by atoms with E-state index in [2.05, 4.69) is 6.07 Å². The Morgan fingerprint density at radius 2 is 2.32 bits per heavy atom. The molecule has 0 aliphatic carbocycles. The van der Waals surface area contributed by atoms with Crippen molar-refractivity contribution in [1.29, 1.82) is 0 Å². The summed E-state index contributed by atoms with van der Waals surface area (Å²) in [6, 6.07) is 5.98. The fourth-order valence-corrected chi connectivity index (χ4v) is 2.59. The van der Waals surface area contributed by atoms with Gasteiger partial charge in [0.15, 0.2) is 0 Å². The first kappa shape index (κ1) is 13.9. The summed E-state index contributed by atoms with van der Waals surface area (Å²) < 4.78 is 5.08. The lowest BCUT2D eigenvalue weighted by Gasteiger charge is -2.30. The van der Waals surface area contributed by atoms with E-state index in [4.69, 9.17) is 10.5 Å². The van der Waals surface area contributed by atoms with Crippen LogP contribution in [0, 0.1) is 5.92 Å². The minimum Gasteiger partial charge on any atom is -0.398 e. The second-order valence-corrected chi connectivity index (χ2v) is 5.31. The van der Waals surface area contributed by atoms with E-state index in [1.807, 2.05) is 24.0 Å². The van der Waals surface area contributed by atoms with E-state index in [-0.39, 0.29) is 11.8 Å². The summed E-state index contributed by atoms with van der Waals surface area (Å²) in [6.07, 6.45) is 1.43. The van der Waals surface area contributed by atoms with Crippen LogP contribution in [0.5, 0.6) is 0 Å². The number of nitrogens with zero attached hydrogens (tertiary/aromatic N) is 1. The topological polar surface area (TPSA) is 55.6 Å². The van der Waals surface area contributed by atoms with Crippen LogP contribution in [0.25, 0.3) is 0 Å². The van der Waals surface area contributed by atoms with E-state index in [1.165, 1.54) is 5.56 Å². The number of amides is 1. The SMILES string of the molecule is COCC(C)CC(=O)N1CCc2cccc(N)c2C1. The zero-order valence-electron chi connectivity index (χ0n) is 11.7. The highest BCUT2D eigenvalue weighted by Gasteiger charge is 2.23. The molecule has 1 aromatic rings. The third kappa shape index (κ3) is 3.26. The van der Waals surface area contributed by atoms with Gasteiger partial charge in [-0.3, -0.25) is 4.79 Å². The molecule has 0 bridgehead atoms. The van der Waals surface area contributed by atoms with Gasteiger partial charge >= 0.3 is 0 Å². The summed E-state index contributed by atoms with van der Waals surface area (Å²) in [5.41, 5.74) is 9.17. The van der Waals surface area contributed by atoms with E-state index in [0.717, 1.165) is 24.2 Å². The lowest BCUT2D eigenvalue weighted by atomic mass is 9.97. The van der Waals surface area contributed by atoms with Gasteiger partial charge in [0.1, 0.15) is 0 Å². The predicted molar refractivity (Wildman–Crippen MR) is 75.6 cm³/mol. The number of hydrogen-bond acceptors (Lipinski definition) is 3. The average molecular weight is 262 g/mol. The van der Waals surface area contributed by atoms with Crippen LogP contribution in [0.4, 0.5) is 5.69 Å². The molecule has 0 aromatic heterocycles. The molecule has 0 saturated carbocycles. The molecule has 4 heteroatoms. The van der Waals surface area contributed by atoms with Gasteiger partial charge in [-0.2, -0.15) is 0 Å². The van der Waals surface area contributed by atoms with Crippen LogP contribution in [-0.2, 0) is 22.5 Å². The molecule has 2 rings (SSSR count). The fourth-order valence-electron chi connectivity index (χ4n) is 2.59. The Balaban J connectivity index is 2.01. The van der Waals surface area contributed by atoms with Crippen molar-refractivity contribution in [2.45, 2.75) is 26.3 Å². The lowest BCUT2D eigenvalue weighted by molar-refractivity contribution is -0.133. The van der Waals surface area contributed by atoms with Crippen LogP contribution in [0.1, 0.15) is 24.5 Å². The van der Waals surface area contributed by atoms with Crippen molar-refractivity contribution < 1.29 is 9.53 Å². The van der Waals surface area contributed by atoms with Crippen molar-refractivity contribution in [1.82, 2.24) is 4.90 Å². The van der Waals surface area contributed by atoms with E-state index in [0.29, 0.717) is 19.6 Å². The number of nitrogens with two attached hydrogens (primary N) is 1. The van der Waals surface area contributed by atoms with Crippen LogP contribution in [-0.4, -0.2) is 31.1 Å². The number of fused-ring (bicyclic) bond motifs is 1. The second kappa shape index (κ2) is 6.06. The first-order valence-electron chi connectivity index (χ1n) is 6.74. The maximum atomic E-state index is 12.2. The Bertz CT molecular complexity index is 459. The Labute approximate surface area is 114 Å². The van der Waals surface area contributed by atoms with Crippen LogP contribution in [0.2, 0.25) is 0 Å². The Kier molecular flexibility index (Phi) is 4.43. The monoisotopic (exact) mass is 262 g/mol. The molecule has 1 amide bonds. The van der Waals surface area contributed by atoms with Crippen LogP contribution in [0.3, 0.4) is 0 Å². The highest BCUT2D eigenvalue weighted by Crippen LogP contribution is 2.25. The summed E-state index contributed by atoms with van der Waals surface area (Å²) in [5, 5.41) is 0. The third-order valence-corrected chi connectivity index (χ3v) is 3.64. The Morgan fingerprint density at radius 1 is 1.53 bits per heavy atom. The maximum Gasteiger partial charge on any atom is 0.223 e. The van der Waals surface area contributed by atoms with E-state index in [1.54, 1.807) is 7.11 Å². The van der Waals surface area contributed by atoms with Crippen LogP contribution < -0.4 is 5.73 Å². The standard InChI is InChI=1S/C15H22N2O2/c1-11(10-19-2)8-15(18)17-7-6-12-4-3-5-14(16)13(12)9-17/h3-5,11H,6-10,16H2,1-2H3. The molecule has 104 valence electrons. The van der Waals surface area contributed by atoms with Gasteiger partial charge in [-0.25, -0.2) is 0 Å². The number of rotatable bonds is 4. The molecule has 0 spiro atoms. The molecule has 0 fully saturated rings. The predicted octanol–water partition coefficient (Wildman–Crippen LogP) is 1.83. The van der Waals surface area contributed by atoms with Gasteiger partial charge in [0.2, 0.25) is 5.91 Å². The number of carbonyl (C=O) groups excluding carboxylic acids is 1. The lowest BCUT2D eigenvalue weighted by Crippen LogP contribution is -2.37. The minimum atomic E-state index is 0.193. The van der Waals surface area contributed by atoms with Gasteiger partial charge < -0.3 is 15.4 Å². The summed E-state index contributed by atoms with van der Waals surface area (Å²) >= 11 is 0. The van der Waals surface area contributed by atoms with Crippen LogP contribution in [0.15, 0.2) is 18.2 Å². The molecule has 0 saturated heterocycles. The number of hydrogen-bond donors (Lipinski definition) is 1. The van der Waals surface area contributed by atoms with Gasteiger partial charge in [0.25, 0.3) is 0 Å². The van der Waals surface area contributed by atoms with Crippen molar-refractivity contribution >= 4 is 11.6 Å². The van der Waals surface area contributed by atoms with Gasteiger partial charge in [0, 0.05) is 38.9 Å². The molecule has 19 heavy (non-hydrogen) atoms. The van der Waals surface area contributed by atoms with E-state index in [9.17, 15) is 4.79 Å². The number of ether oxygens (including phenoxy) is 1. The molecule has 1 aromatic carbocycles. The van der Waals surface area contributed by atoms with Gasteiger partial charge in [-0.15, -0.1) is 0 Å². The van der Waals surface area contributed by atoms with E-state index < -0.39 is 0 Å². The third-order valence-electron chi connectivity index (χ3n) is 3.64. The summed E-state index contributed by atoms with van der Waals surface area (Å²) in [5.74, 6) is 0.450. The van der Waals surface area contributed by atoms with Gasteiger partial charge in [-0.05, 0) is 29.5 Å². The zero-order chi connectivity index (χ0) is 13.8. The minimum absolute atomic E-state index is 0.193. The molecule has 4 nitrogen and oxygen atoms in total. The normalized spacial score (nSPS) is 16.0. The average Bonchev–Trinajstić information content (AvgIpc) is 2.39. The summed E-state index contributed by atoms with van der Waals surface area (Å²) in [6.45, 7) is 4.08. The molecule has 0 radical (unpaired) electrons. The zero-order valence-corrected chi connectivity index (χ0v) is 11.7. The highest BCUT2D eigenvalue weighted by atomic mass is 16.5. The highest BCUT2D eigenvalue weighted by molar-refractivity contribution is 5.77. The quantitative estimate of drug-likeness (QED) is 0.842. The number of anilines is 1. The van der Waals surface area contributed by atoms with Crippen LogP contribution >= 0.6 is 0 Å². The number of carbonyl (C=O) groups is 1. The van der Waals surface area contributed by atoms with Crippen molar-refractivity contribution in [3.05, 3.63) is 29.3 Å². The number of benzene rings is 1. The molecule has 2 N–H and O–H groups in total. The molecule has 1 atom stereocenters. The van der Waals surface area contributed by atoms with Gasteiger partial charge in [-0.1, -0.05) is 19.1 Å². The molecule has 1 aliphatic rings. The number of nitrogen functional groups attached to an aromatic ring is 1. The van der Waals surface area contributed by atoms with E-state index >= 15 is 0 Å². The maximum absolute atomic E-state index is 12.2. The van der Waals surface area contributed by atoms with Crippen molar-refractivity contribution in [3.63, 3.8) is 0 Å². The number of methoxy groups -OCH3 is 1. The first-order valence-corrected chi connectivity index (χ1v) is 6.74. The molecule has 1 unspecified atom stereocenters. The Morgan fingerprint density at radius 3 is 3.05 bits per heavy atom. The Hall–Kier alpha value is -1.55. The van der Waals surface area contributed by atoms with Crippen molar-refractivity contribution in [2.75, 3.05) is 26.0 Å². The summed E-state index contributed by atoms with van der Waals surface area (Å²) in [4.78, 5) is 14.1.